The van der Waals surface area contributed by atoms with Gasteiger partial charge in [-0.25, -0.2) is 0 Å². The van der Waals surface area contributed by atoms with Crippen molar-refractivity contribution in [3.05, 3.63) is 150 Å². The summed E-state index contributed by atoms with van der Waals surface area (Å²) in [7, 11) is 0. The van der Waals surface area contributed by atoms with Crippen LogP contribution in [-0.2, 0) is 10.8 Å². The molecule has 7 aromatic carbocycles. The summed E-state index contributed by atoms with van der Waals surface area (Å²) in [5.41, 5.74) is 22.8. The van der Waals surface area contributed by atoms with E-state index in [-0.39, 0.29) is 17.7 Å². The van der Waals surface area contributed by atoms with E-state index in [0.717, 1.165) is 35.5 Å². The van der Waals surface area contributed by atoms with Gasteiger partial charge in [-0.1, -0.05) is 113 Å². The Morgan fingerprint density at radius 3 is 1.68 bits per heavy atom. The smallest absolute Gasteiger partial charge is 0.333 e. The molecular weight excluding hydrogens is 820 g/mol. The molecule has 4 heterocycles. The summed E-state index contributed by atoms with van der Waals surface area (Å²) in [6.07, 6.45) is 13.6. The second kappa shape index (κ2) is 14.2. The van der Waals surface area contributed by atoms with Crippen molar-refractivity contribution in [3.63, 3.8) is 0 Å². The van der Waals surface area contributed by atoms with Gasteiger partial charge in [0, 0.05) is 43.8 Å². The van der Waals surface area contributed by atoms with Gasteiger partial charge in [0.15, 0.2) is 0 Å². The SMILES string of the molecule is Cc1cc2c3c(c1)-n1c4ccc(-c5ccccc5)cc4c4cc(-c5ccccc5)cc(c41)B3n1c3ccc(C45CC(C)CC(CC(C)C4)C5)cc3c3cc(C45CC(C)CC(CC(C)C4)C5)cc-2c31. The van der Waals surface area contributed by atoms with Gasteiger partial charge >= 0.3 is 6.85 Å². The zero-order valence-electron chi connectivity index (χ0n) is 40.7. The van der Waals surface area contributed by atoms with Gasteiger partial charge in [0.1, 0.15) is 0 Å². The second-order valence-corrected chi connectivity index (χ2v) is 24.3. The quantitative estimate of drug-likeness (QED) is 0.156. The van der Waals surface area contributed by atoms with E-state index in [9.17, 15) is 0 Å². The Bertz CT molecular complexity index is 3550. The fraction of sp³-hybridized carbons (Fsp3) is 0.354. The number of benzene rings is 7. The second-order valence-electron chi connectivity index (χ2n) is 24.3. The normalized spacial score (nSPS) is 27.9. The predicted octanol–water partition coefficient (Wildman–Crippen LogP) is 15.7. The van der Waals surface area contributed by atoms with Gasteiger partial charge in [-0.3, -0.25) is 0 Å². The fourth-order valence-electron chi connectivity index (χ4n) is 17.5. The molecule has 0 radical (unpaired) electrons. The first kappa shape index (κ1) is 40.1. The Morgan fingerprint density at radius 2 is 1.01 bits per heavy atom. The molecule has 2 nitrogen and oxygen atoms in total. The lowest BCUT2D eigenvalue weighted by atomic mass is 9.45. The third kappa shape index (κ3) is 5.60. The average Bonchev–Trinajstić information content (AvgIpc) is 3.83. The summed E-state index contributed by atoms with van der Waals surface area (Å²) in [4.78, 5) is 0. The molecule has 4 bridgehead atoms. The summed E-state index contributed by atoms with van der Waals surface area (Å²) in [5, 5.41) is 5.66. The Morgan fingerprint density at radius 1 is 0.456 bits per heavy atom. The molecule has 0 N–H and O–H groups in total. The molecule has 4 fully saturated rings. The van der Waals surface area contributed by atoms with Crippen molar-refractivity contribution < 1.29 is 0 Å². The van der Waals surface area contributed by atoms with Crippen molar-refractivity contribution in [2.45, 2.75) is 110 Å². The molecule has 4 atom stereocenters. The topological polar surface area (TPSA) is 9.86 Å². The number of fused-ring (bicyclic) bond motifs is 14. The van der Waals surface area contributed by atoms with Crippen LogP contribution in [0.4, 0.5) is 0 Å². The minimum atomic E-state index is 0.0280. The van der Waals surface area contributed by atoms with Crippen molar-refractivity contribution in [3.8, 4) is 39.1 Å². The average molecular weight is 883 g/mol. The molecule has 68 heavy (non-hydrogen) atoms. The molecule has 0 saturated heterocycles. The van der Waals surface area contributed by atoms with Crippen LogP contribution in [0.15, 0.2) is 133 Å². The molecule has 4 saturated carbocycles. The van der Waals surface area contributed by atoms with Gasteiger partial charge in [-0.15, -0.1) is 0 Å². The van der Waals surface area contributed by atoms with E-state index in [1.165, 1.54) is 163 Å². The van der Waals surface area contributed by atoms with E-state index in [1.54, 1.807) is 11.1 Å². The zero-order chi connectivity index (χ0) is 45.4. The van der Waals surface area contributed by atoms with Gasteiger partial charge in [0.2, 0.25) is 0 Å². The Labute approximate surface area is 402 Å². The lowest BCUT2D eigenvalue weighted by Gasteiger charge is -2.50. The first-order chi connectivity index (χ1) is 33.1. The highest BCUT2D eigenvalue weighted by Gasteiger charge is 2.49. The first-order valence-corrected chi connectivity index (χ1v) is 26.6. The van der Waals surface area contributed by atoms with Crippen molar-refractivity contribution in [2.75, 3.05) is 0 Å². The monoisotopic (exact) mass is 883 g/mol. The third-order valence-corrected chi connectivity index (χ3v) is 19.1. The minimum absolute atomic E-state index is 0.0280. The van der Waals surface area contributed by atoms with Crippen molar-refractivity contribution in [2.24, 2.45) is 35.5 Å². The molecule has 15 rings (SSSR count). The molecular formula is C65H63BN2. The van der Waals surface area contributed by atoms with Crippen LogP contribution in [-0.4, -0.2) is 15.9 Å². The molecule has 6 aliphatic rings. The molecule has 3 heteroatoms. The van der Waals surface area contributed by atoms with Gasteiger partial charge in [0.25, 0.3) is 0 Å². The van der Waals surface area contributed by atoms with Crippen LogP contribution >= 0.6 is 0 Å². The Kier molecular flexibility index (Phi) is 8.35. The Hall–Kier alpha value is -5.80. The molecule has 4 aliphatic carbocycles. The van der Waals surface area contributed by atoms with E-state index < -0.39 is 0 Å². The standard InChI is InChI=1S/C65H63BN2/c1-38-24-53-56-31-50(65-34-41(4)22-44(37-65)23-42(5)35-65)30-55-52-29-49(64-32-39(2)20-43(36-64)21-40(3)33-64)17-19-59(52)68(62(55)56)66-57-28-48(46-14-10-7-11-15-46)27-54-51-26-47(45-12-8-6-9-13-45)16-18-58(51)67(63(54)57)60(25-38)61(53)66/h6-19,24-31,39-44H,20-23,32-37H2,1-5H3. The Balaban J connectivity index is 1.07. The zero-order valence-corrected chi connectivity index (χ0v) is 40.7. The van der Waals surface area contributed by atoms with Gasteiger partial charge in [0.05, 0.1) is 11.0 Å². The maximum Gasteiger partial charge on any atom is 0.333 e. The number of rotatable bonds is 4. The van der Waals surface area contributed by atoms with Crippen molar-refractivity contribution >= 4 is 61.4 Å². The third-order valence-electron chi connectivity index (χ3n) is 19.1. The minimum Gasteiger partial charge on any atom is -0.375 e. The molecule has 0 spiro atoms. The highest BCUT2D eigenvalue weighted by Crippen LogP contribution is 2.58. The molecule has 2 aliphatic heterocycles. The van der Waals surface area contributed by atoms with E-state index in [0.29, 0.717) is 0 Å². The fourth-order valence-corrected chi connectivity index (χ4v) is 17.5. The molecule has 0 amide bonds. The number of nitrogens with zero attached hydrogens (tertiary/aromatic N) is 2. The van der Waals surface area contributed by atoms with Gasteiger partial charge in [-0.05, 0) is 221 Å². The maximum atomic E-state index is 2.87. The van der Waals surface area contributed by atoms with E-state index in [1.807, 2.05) is 0 Å². The van der Waals surface area contributed by atoms with Crippen LogP contribution in [0.2, 0.25) is 0 Å². The van der Waals surface area contributed by atoms with E-state index in [4.69, 9.17) is 0 Å². The van der Waals surface area contributed by atoms with Crippen LogP contribution in [0.25, 0.3) is 82.7 Å². The predicted molar refractivity (Wildman–Crippen MR) is 288 cm³/mol. The number of aryl methyl sites for hydroxylation is 1. The lowest BCUT2D eigenvalue weighted by Crippen LogP contribution is -2.55. The summed E-state index contributed by atoms with van der Waals surface area (Å²) >= 11 is 0. The first-order valence-electron chi connectivity index (χ1n) is 26.6. The van der Waals surface area contributed by atoms with Crippen molar-refractivity contribution in [1.82, 2.24) is 9.05 Å². The highest BCUT2D eigenvalue weighted by molar-refractivity contribution is 6.90. The van der Waals surface area contributed by atoms with Crippen LogP contribution in [0, 0.1) is 42.4 Å². The molecule has 2 aromatic heterocycles. The molecule has 4 unspecified atom stereocenters. The lowest BCUT2D eigenvalue weighted by molar-refractivity contribution is 0.0779. The van der Waals surface area contributed by atoms with Crippen molar-refractivity contribution in [1.29, 1.82) is 0 Å². The van der Waals surface area contributed by atoms with E-state index >= 15 is 0 Å². The molecule has 336 valence electrons. The highest BCUT2D eigenvalue weighted by atomic mass is 15.0. The number of hydrogen-bond acceptors (Lipinski definition) is 0. The number of hydrogen-bond donors (Lipinski definition) is 0. The summed E-state index contributed by atoms with van der Waals surface area (Å²) in [5.74, 6) is 4.75. The van der Waals surface area contributed by atoms with Gasteiger partial charge < -0.3 is 9.05 Å². The van der Waals surface area contributed by atoms with Gasteiger partial charge in [-0.2, -0.15) is 0 Å². The van der Waals surface area contributed by atoms with E-state index in [2.05, 4.69) is 177 Å². The van der Waals surface area contributed by atoms with Crippen LogP contribution in [0.5, 0.6) is 0 Å². The summed E-state index contributed by atoms with van der Waals surface area (Å²) in [6.45, 7) is 12.6. The van der Waals surface area contributed by atoms with Crippen LogP contribution in [0.1, 0.15) is 109 Å². The van der Waals surface area contributed by atoms with Crippen LogP contribution in [0.3, 0.4) is 0 Å². The summed E-state index contributed by atoms with van der Waals surface area (Å²) < 4.78 is 5.55. The molecule has 9 aromatic rings. The number of aromatic nitrogens is 2. The largest absolute Gasteiger partial charge is 0.375 e. The van der Waals surface area contributed by atoms with Crippen LogP contribution < -0.4 is 10.9 Å². The maximum absolute atomic E-state index is 2.87. The summed E-state index contributed by atoms with van der Waals surface area (Å²) in [6, 6.07) is 53.2.